The largest absolute Gasteiger partial charge is 0.354 e. The summed E-state index contributed by atoms with van der Waals surface area (Å²) in [4.78, 5) is 27.5. The summed E-state index contributed by atoms with van der Waals surface area (Å²) in [6.45, 7) is 9.18. The van der Waals surface area contributed by atoms with Crippen molar-refractivity contribution in [2.24, 2.45) is 0 Å². The van der Waals surface area contributed by atoms with Crippen molar-refractivity contribution in [2.45, 2.75) is 72.4 Å². The second-order valence-electron chi connectivity index (χ2n) is 8.00. The Labute approximate surface area is 181 Å². The van der Waals surface area contributed by atoms with Crippen LogP contribution in [0.4, 0.5) is 0 Å². The van der Waals surface area contributed by atoms with E-state index < -0.39 is 6.04 Å². The third-order valence-corrected chi connectivity index (χ3v) is 5.53. The van der Waals surface area contributed by atoms with Gasteiger partial charge in [-0.3, -0.25) is 9.59 Å². The lowest BCUT2D eigenvalue weighted by atomic mass is 10.0. The minimum absolute atomic E-state index is 0.00767. The number of amides is 2. The van der Waals surface area contributed by atoms with Crippen molar-refractivity contribution in [1.29, 1.82) is 0 Å². The molecule has 0 bridgehead atoms. The molecule has 0 saturated heterocycles. The van der Waals surface area contributed by atoms with Gasteiger partial charge in [-0.25, -0.2) is 0 Å². The highest BCUT2D eigenvalue weighted by Crippen LogP contribution is 2.14. The Hall–Kier alpha value is -2.62. The average molecular weight is 409 g/mol. The fourth-order valence-corrected chi connectivity index (χ4v) is 3.35. The van der Waals surface area contributed by atoms with E-state index in [2.05, 4.69) is 43.4 Å². The van der Waals surface area contributed by atoms with Crippen LogP contribution < -0.4 is 5.32 Å². The van der Waals surface area contributed by atoms with E-state index >= 15 is 0 Å². The second kappa shape index (κ2) is 12.2. The Balaban J connectivity index is 2.08. The first-order valence-corrected chi connectivity index (χ1v) is 11.1. The summed E-state index contributed by atoms with van der Waals surface area (Å²) in [7, 11) is 0. The molecule has 2 aromatic rings. The van der Waals surface area contributed by atoms with E-state index in [1.807, 2.05) is 38.1 Å². The molecule has 4 heteroatoms. The van der Waals surface area contributed by atoms with Gasteiger partial charge in [0.2, 0.25) is 11.8 Å². The molecule has 2 rings (SSSR count). The van der Waals surface area contributed by atoms with Crippen LogP contribution in [-0.4, -0.2) is 29.3 Å². The number of carbonyl (C=O) groups is 2. The first kappa shape index (κ1) is 23.7. The van der Waals surface area contributed by atoms with Crippen LogP contribution in [0.5, 0.6) is 0 Å². The van der Waals surface area contributed by atoms with Gasteiger partial charge in [-0.05, 0) is 49.8 Å². The zero-order valence-electron chi connectivity index (χ0n) is 18.9. The molecule has 0 unspecified atom stereocenters. The molecule has 0 aliphatic rings. The van der Waals surface area contributed by atoms with Gasteiger partial charge in [-0.15, -0.1) is 0 Å². The predicted molar refractivity (Wildman–Crippen MR) is 123 cm³/mol. The Morgan fingerprint density at radius 3 is 2.13 bits per heavy atom. The van der Waals surface area contributed by atoms with Crippen LogP contribution in [0.15, 0.2) is 48.5 Å². The molecule has 162 valence electrons. The van der Waals surface area contributed by atoms with Gasteiger partial charge in [0.05, 0.1) is 0 Å². The van der Waals surface area contributed by atoms with Gasteiger partial charge in [-0.2, -0.15) is 0 Å². The lowest BCUT2D eigenvalue weighted by Crippen LogP contribution is -2.47. The Kier molecular flexibility index (Phi) is 9.59. The topological polar surface area (TPSA) is 49.4 Å². The van der Waals surface area contributed by atoms with E-state index in [1.165, 1.54) is 11.1 Å². The van der Waals surface area contributed by atoms with Crippen LogP contribution in [0.25, 0.3) is 0 Å². The van der Waals surface area contributed by atoms with E-state index in [4.69, 9.17) is 0 Å². The van der Waals surface area contributed by atoms with E-state index in [0.29, 0.717) is 25.9 Å². The van der Waals surface area contributed by atoms with Gasteiger partial charge in [0.25, 0.3) is 0 Å². The standard InChI is InChI=1S/C26H36N2O2/c1-5-7-18-27-26(30)21(4)28(19-24-10-8-20(3)9-11-24)25(29)17-16-23-14-12-22(6-2)13-15-23/h8-15,21H,5-7,16-19H2,1-4H3,(H,27,30)/t21-/m1/s1. The Morgan fingerprint density at radius 1 is 0.933 bits per heavy atom. The van der Waals surface area contributed by atoms with Crippen molar-refractivity contribution in [2.75, 3.05) is 6.54 Å². The van der Waals surface area contributed by atoms with Crippen LogP contribution >= 0.6 is 0 Å². The number of hydrogen-bond donors (Lipinski definition) is 1. The van der Waals surface area contributed by atoms with Gasteiger partial charge < -0.3 is 10.2 Å². The van der Waals surface area contributed by atoms with Crippen molar-refractivity contribution in [1.82, 2.24) is 10.2 Å². The van der Waals surface area contributed by atoms with E-state index in [9.17, 15) is 9.59 Å². The molecule has 4 nitrogen and oxygen atoms in total. The number of nitrogens with one attached hydrogen (secondary N) is 1. The number of hydrogen-bond acceptors (Lipinski definition) is 2. The summed E-state index contributed by atoms with van der Waals surface area (Å²) in [6, 6.07) is 16.1. The Bertz CT molecular complexity index is 797. The highest BCUT2D eigenvalue weighted by Gasteiger charge is 2.25. The maximum Gasteiger partial charge on any atom is 0.242 e. The minimum Gasteiger partial charge on any atom is -0.354 e. The van der Waals surface area contributed by atoms with Gasteiger partial charge in [0.1, 0.15) is 6.04 Å². The fraction of sp³-hybridized carbons (Fsp3) is 0.462. The molecule has 1 atom stereocenters. The lowest BCUT2D eigenvalue weighted by Gasteiger charge is -2.29. The summed E-state index contributed by atoms with van der Waals surface area (Å²) in [5.74, 6) is -0.0792. The minimum atomic E-state index is -0.502. The molecule has 0 aliphatic heterocycles. The molecular formula is C26H36N2O2. The molecule has 2 aromatic carbocycles. The second-order valence-corrected chi connectivity index (χ2v) is 8.00. The Morgan fingerprint density at radius 2 is 1.53 bits per heavy atom. The van der Waals surface area contributed by atoms with Crippen LogP contribution in [0, 0.1) is 6.92 Å². The summed E-state index contributed by atoms with van der Waals surface area (Å²) >= 11 is 0. The van der Waals surface area contributed by atoms with Gasteiger partial charge in [0, 0.05) is 19.5 Å². The smallest absolute Gasteiger partial charge is 0.242 e. The molecule has 0 fully saturated rings. The predicted octanol–water partition coefficient (Wildman–Crippen LogP) is 4.82. The monoisotopic (exact) mass is 408 g/mol. The number of aryl methyl sites for hydroxylation is 3. The molecule has 0 radical (unpaired) electrons. The van der Waals surface area contributed by atoms with Crippen molar-refractivity contribution in [3.05, 3.63) is 70.8 Å². The highest BCUT2D eigenvalue weighted by atomic mass is 16.2. The molecule has 0 saturated carbocycles. The zero-order chi connectivity index (χ0) is 21.9. The third-order valence-electron chi connectivity index (χ3n) is 5.53. The lowest BCUT2D eigenvalue weighted by molar-refractivity contribution is -0.140. The SMILES string of the molecule is CCCCNC(=O)[C@@H](C)N(Cc1ccc(C)cc1)C(=O)CCc1ccc(CC)cc1. The van der Waals surface area contributed by atoms with E-state index in [1.54, 1.807) is 4.90 Å². The number of rotatable bonds is 11. The summed E-state index contributed by atoms with van der Waals surface area (Å²) < 4.78 is 0. The van der Waals surface area contributed by atoms with Crippen molar-refractivity contribution in [3.63, 3.8) is 0 Å². The number of unbranched alkanes of at least 4 members (excludes halogenated alkanes) is 1. The third kappa shape index (κ3) is 7.33. The molecule has 30 heavy (non-hydrogen) atoms. The van der Waals surface area contributed by atoms with Crippen LogP contribution in [0.3, 0.4) is 0 Å². The number of carbonyl (C=O) groups excluding carboxylic acids is 2. The molecule has 0 spiro atoms. The molecule has 0 heterocycles. The summed E-state index contributed by atoms with van der Waals surface area (Å²) in [5.41, 5.74) is 4.66. The fourth-order valence-electron chi connectivity index (χ4n) is 3.35. The maximum atomic E-state index is 13.1. The van der Waals surface area contributed by atoms with Gasteiger partial charge >= 0.3 is 0 Å². The van der Waals surface area contributed by atoms with Crippen molar-refractivity contribution >= 4 is 11.8 Å². The highest BCUT2D eigenvalue weighted by molar-refractivity contribution is 5.87. The summed E-state index contributed by atoms with van der Waals surface area (Å²) in [5, 5.41) is 2.97. The van der Waals surface area contributed by atoms with Crippen LogP contribution in [0.2, 0.25) is 0 Å². The van der Waals surface area contributed by atoms with Gasteiger partial charge in [0.15, 0.2) is 0 Å². The molecule has 2 amide bonds. The summed E-state index contributed by atoms with van der Waals surface area (Å²) in [6.07, 6.45) is 4.05. The van der Waals surface area contributed by atoms with Crippen LogP contribution in [0.1, 0.15) is 62.3 Å². The normalized spacial score (nSPS) is 11.7. The number of nitrogens with zero attached hydrogens (tertiary/aromatic N) is 1. The van der Waals surface area contributed by atoms with Crippen molar-refractivity contribution in [3.8, 4) is 0 Å². The molecular weight excluding hydrogens is 372 g/mol. The molecule has 0 aliphatic carbocycles. The average Bonchev–Trinajstić information content (AvgIpc) is 2.77. The number of benzene rings is 2. The van der Waals surface area contributed by atoms with E-state index in [0.717, 1.165) is 30.4 Å². The quantitative estimate of drug-likeness (QED) is 0.542. The van der Waals surface area contributed by atoms with Crippen molar-refractivity contribution < 1.29 is 9.59 Å². The first-order valence-electron chi connectivity index (χ1n) is 11.1. The first-order chi connectivity index (χ1) is 14.4. The molecule has 0 aromatic heterocycles. The zero-order valence-corrected chi connectivity index (χ0v) is 18.9. The molecule has 1 N–H and O–H groups in total. The maximum absolute atomic E-state index is 13.1. The van der Waals surface area contributed by atoms with Crippen LogP contribution in [-0.2, 0) is 29.0 Å². The van der Waals surface area contributed by atoms with Gasteiger partial charge in [-0.1, -0.05) is 74.4 Å². The van der Waals surface area contributed by atoms with E-state index in [-0.39, 0.29) is 11.8 Å².